The first kappa shape index (κ1) is 16.4. The molecule has 1 aliphatic rings. The van der Waals surface area contributed by atoms with Crippen LogP contribution in [0.2, 0.25) is 0 Å². The minimum atomic E-state index is 0.510. The number of nitrogens with zero attached hydrogens (tertiary/aromatic N) is 4. The van der Waals surface area contributed by atoms with Crippen molar-refractivity contribution in [1.82, 2.24) is 20.1 Å². The normalized spacial score (nSPS) is 14.0. The Morgan fingerprint density at radius 2 is 2.00 bits per heavy atom. The van der Waals surface area contributed by atoms with Crippen LogP contribution in [-0.2, 0) is 6.42 Å². The smallest absolute Gasteiger partial charge is 0.228 e. The molecule has 136 valence electrons. The Labute approximate surface area is 160 Å². The highest BCUT2D eigenvalue weighted by Crippen LogP contribution is 2.42. The fraction of sp³-hybridized carbons (Fsp3) is 0.300. The number of fused-ring (bicyclic) bond motifs is 1. The molecule has 3 aromatic heterocycles. The first-order valence-electron chi connectivity index (χ1n) is 9.15. The molecule has 1 N–H and O–H groups in total. The highest BCUT2D eigenvalue weighted by molar-refractivity contribution is 7.17. The molecule has 1 saturated carbocycles. The summed E-state index contributed by atoms with van der Waals surface area (Å²) in [5.41, 5.74) is 2.36. The quantitative estimate of drug-likeness (QED) is 0.530. The second-order valence-corrected chi connectivity index (χ2v) is 7.67. The van der Waals surface area contributed by atoms with Crippen molar-refractivity contribution in [2.45, 2.75) is 32.1 Å². The lowest BCUT2D eigenvalue weighted by molar-refractivity contribution is 0.377. The Hall–Kier alpha value is -2.80. The Bertz CT molecular complexity index is 1080. The largest absolute Gasteiger partial charge is 0.369 e. The van der Waals surface area contributed by atoms with Gasteiger partial charge in [0.2, 0.25) is 5.89 Å². The van der Waals surface area contributed by atoms with Crippen molar-refractivity contribution in [3.05, 3.63) is 53.3 Å². The molecule has 4 aromatic rings. The molecule has 0 atom stereocenters. The molecule has 6 nitrogen and oxygen atoms in total. The third kappa shape index (κ3) is 3.30. The van der Waals surface area contributed by atoms with E-state index in [1.807, 2.05) is 13.0 Å². The maximum absolute atomic E-state index is 5.21. The second-order valence-electron chi connectivity index (χ2n) is 6.81. The van der Waals surface area contributed by atoms with Crippen molar-refractivity contribution < 1.29 is 4.52 Å². The number of aryl methyl sites for hydroxylation is 1. The van der Waals surface area contributed by atoms with Gasteiger partial charge in [-0.25, -0.2) is 9.97 Å². The van der Waals surface area contributed by atoms with Crippen LogP contribution in [0.1, 0.15) is 36.3 Å². The molecule has 1 aliphatic carbocycles. The summed E-state index contributed by atoms with van der Waals surface area (Å²) in [7, 11) is 0. The molecule has 0 aliphatic heterocycles. The Morgan fingerprint density at radius 3 is 2.74 bits per heavy atom. The summed E-state index contributed by atoms with van der Waals surface area (Å²) in [6.45, 7) is 2.51. The number of rotatable bonds is 6. The highest BCUT2D eigenvalue weighted by Gasteiger charge is 2.28. The van der Waals surface area contributed by atoms with E-state index >= 15 is 0 Å². The van der Waals surface area contributed by atoms with Gasteiger partial charge in [0.1, 0.15) is 16.5 Å². The van der Waals surface area contributed by atoms with Gasteiger partial charge in [-0.05, 0) is 25.3 Å². The SMILES string of the molecule is Cc1noc(CCNc2nc(C3CC3)nc3scc(-c4ccccc4)c23)n1. The molecule has 27 heavy (non-hydrogen) atoms. The van der Waals surface area contributed by atoms with Crippen LogP contribution in [0.25, 0.3) is 21.3 Å². The molecule has 5 rings (SSSR count). The number of aromatic nitrogens is 4. The number of anilines is 1. The minimum absolute atomic E-state index is 0.510. The van der Waals surface area contributed by atoms with E-state index in [0.29, 0.717) is 30.6 Å². The van der Waals surface area contributed by atoms with Crippen molar-refractivity contribution in [2.24, 2.45) is 0 Å². The molecule has 0 bridgehead atoms. The zero-order valence-corrected chi connectivity index (χ0v) is 15.8. The van der Waals surface area contributed by atoms with Gasteiger partial charge in [-0.2, -0.15) is 4.98 Å². The van der Waals surface area contributed by atoms with Crippen molar-refractivity contribution in [3.63, 3.8) is 0 Å². The Morgan fingerprint density at radius 1 is 1.15 bits per heavy atom. The van der Waals surface area contributed by atoms with E-state index in [2.05, 4.69) is 45.1 Å². The fourth-order valence-electron chi connectivity index (χ4n) is 3.17. The maximum atomic E-state index is 5.21. The predicted octanol–water partition coefficient (Wildman–Crippen LogP) is 4.58. The molecule has 0 spiro atoms. The third-order valence-corrected chi connectivity index (χ3v) is 5.55. The average molecular weight is 377 g/mol. The Kier molecular flexibility index (Phi) is 4.09. The molecule has 0 amide bonds. The molecule has 1 aromatic carbocycles. The van der Waals surface area contributed by atoms with Gasteiger partial charge in [0, 0.05) is 29.8 Å². The van der Waals surface area contributed by atoms with Crippen LogP contribution in [0.3, 0.4) is 0 Å². The summed E-state index contributed by atoms with van der Waals surface area (Å²) in [5, 5.41) is 10.6. The zero-order valence-electron chi connectivity index (χ0n) is 15.0. The van der Waals surface area contributed by atoms with Gasteiger partial charge < -0.3 is 9.84 Å². The summed E-state index contributed by atoms with van der Waals surface area (Å²) < 4.78 is 5.21. The summed E-state index contributed by atoms with van der Waals surface area (Å²) in [4.78, 5) is 15.0. The molecular weight excluding hydrogens is 358 g/mol. The predicted molar refractivity (Wildman–Crippen MR) is 106 cm³/mol. The van der Waals surface area contributed by atoms with E-state index in [0.717, 1.165) is 21.9 Å². The van der Waals surface area contributed by atoms with E-state index in [-0.39, 0.29) is 0 Å². The van der Waals surface area contributed by atoms with E-state index in [1.165, 1.54) is 24.0 Å². The number of thiophene rings is 1. The third-order valence-electron chi connectivity index (χ3n) is 4.68. The number of nitrogens with one attached hydrogen (secondary N) is 1. The average Bonchev–Trinajstić information content (AvgIpc) is 3.33. The first-order valence-corrected chi connectivity index (χ1v) is 10.0. The number of hydrogen-bond acceptors (Lipinski definition) is 7. The van der Waals surface area contributed by atoms with Gasteiger partial charge in [-0.1, -0.05) is 35.5 Å². The molecule has 0 radical (unpaired) electrons. The van der Waals surface area contributed by atoms with Crippen molar-refractivity contribution in [3.8, 4) is 11.1 Å². The Balaban J connectivity index is 1.50. The van der Waals surface area contributed by atoms with Gasteiger partial charge in [0.15, 0.2) is 5.82 Å². The lowest BCUT2D eigenvalue weighted by Crippen LogP contribution is -2.09. The molecule has 7 heteroatoms. The minimum Gasteiger partial charge on any atom is -0.369 e. The molecule has 3 heterocycles. The van der Waals surface area contributed by atoms with Crippen LogP contribution in [0.5, 0.6) is 0 Å². The standard InChI is InChI=1S/C20H19N5OS/c1-12-22-16(26-25-12)9-10-21-19-17-15(13-5-3-2-4-6-13)11-27-20(17)24-18(23-19)14-7-8-14/h2-6,11,14H,7-10H2,1H3,(H,21,23,24). The van der Waals surface area contributed by atoms with E-state index in [9.17, 15) is 0 Å². The van der Waals surface area contributed by atoms with Crippen molar-refractivity contribution in [2.75, 3.05) is 11.9 Å². The number of benzene rings is 1. The lowest BCUT2D eigenvalue weighted by atomic mass is 10.1. The van der Waals surface area contributed by atoms with E-state index < -0.39 is 0 Å². The van der Waals surface area contributed by atoms with Gasteiger partial charge in [-0.15, -0.1) is 11.3 Å². The van der Waals surface area contributed by atoms with Gasteiger partial charge >= 0.3 is 0 Å². The van der Waals surface area contributed by atoms with Gasteiger partial charge in [0.25, 0.3) is 0 Å². The van der Waals surface area contributed by atoms with Crippen LogP contribution in [0.15, 0.2) is 40.2 Å². The van der Waals surface area contributed by atoms with Crippen LogP contribution >= 0.6 is 11.3 Å². The summed E-state index contributed by atoms with van der Waals surface area (Å²) in [6, 6.07) is 10.4. The van der Waals surface area contributed by atoms with Gasteiger partial charge in [0.05, 0.1) is 5.39 Å². The second kappa shape index (κ2) is 6.74. The van der Waals surface area contributed by atoms with Crippen LogP contribution in [0, 0.1) is 6.92 Å². The van der Waals surface area contributed by atoms with Crippen LogP contribution in [0.4, 0.5) is 5.82 Å². The number of hydrogen-bond donors (Lipinski definition) is 1. The molecular formula is C20H19N5OS. The van der Waals surface area contributed by atoms with Crippen molar-refractivity contribution in [1.29, 1.82) is 0 Å². The van der Waals surface area contributed by atoms with Gasteiger partial charge in [-0.3, -0.25) is 0 Å². The molecule has 0 unspecified atom stereocenters. The fourth-order valence-corrected chi connectivity index (χ4v) is 4.12. The lowest BCUT2D eigenvalue weighted by Gasteiger charge is -2.10. The summed E-state index contributed by atoms with van der Waals surface area (Å²) in [5.74, 6) is 3.67. The topological polar surface area (TPSA) is 76.7 Å². The van der Waals surface area contributed by atoms with E-state index in [1.54, 1.807) is 11.3 Å². The monoisotopic (exact) mass is 377 g/mol. The maximum Gasteiger partial charge on any atom is 0.228 e. The summed E-state index contributed by atoms with van der Waals surface area (Å²) >= 11 is 1.68. The molecule has 0 saturated heterocycles. The summed E-state index contributed by atoms with van der Waals surface area (Å²) in [6.07, 6.45) is 3.03. The highest BCUT2D eigenvalue weighted by atomic mass is 32.1. The first-order chi connectivity index (χ1) is 13.3. The van der Waals surface area contributed by atoms with E-state index in [4.69, 9.17) is 14.5 Å². The van der Waals surface area contributed by atoms with Crippen LogP contribution < -0.4 is 5.32 Å². The van der Waals surface area contributed by atoms with Crippen LogP contribution in [-0.4, -0.2) is 26.7 Å². The van der Waals surface area contributed by atoms with Crippen molar-refractivity contribution >= 4 is 27.4 Å². The molecule has 1 fully saturated rings. The zero-order chi connectivity index (χ0) is 18.2.